The fourth-order valence-corrected chi connectivity index (χ4v) is 7.29. The van der Waals surface area contributed by atoms with Crippen LogP contribution in [0, 0.1) is 0 Å². The third kappa shape index (κ3) is 6.82. The van der Waals surface area contributed by atoms with Gasteiger partial charge in [0.2, 0.25) is 0 Å². The number of rotatable bonds is 9. The van der Waals surface area contributed by atoms with Crippen molar-refractivity contribution in [3.8, 4) is 10.4 Å². The molecule has 0 aliphatic carbocycles. The van der Waals surface area contributed by atoms with Crippen molar-refractivity contribution in [3.63, 3.8) is 0 Å². The fraction of sp³-hybridized carbons (Fsp3) is 0.273. The second-order valence-corrected chi connectivity index (χ2v) is 18.4. The van der Waals surface area contributed by atoms with Crippen molar-refractivity contribution in [2.45, 2.75) is 58.0 Å². The van der Waals surface area contributed by atoms with E-state index in [4.69, 9.17) is 27.6 Å². The Kier molecular flexibility index (Phi) is 9.70. The van der Waals surface area contributed by atoms with Crippen molar-refractivity contribution in [3.05, 3.63) is 111 Å². The van der Waals surface area contributed by atoms with Gasteiger partial charge in [0.05, 0.1) is 28.4 Å². The van der Waals surface area contributed by atoms with E-state index in [1.165, 1.54) is 11.0 Å². The number of hydrogen-bond acceptors (Lipinski definition) is 4. The molecule has 0 aliphatic heterocycles. The van der Waals surface area contributed by atoms with E-state index >= 15 is 0 Å². The molecule has 0 aliphatic rings. The molecule has 4 rings (SSSR count). The molecule has 0 fully saturated rings. The van der Waals surface area contributed by atoms with Gasteiger partial charge in [0.25, 0.3) is 5.91 Å². The number of amides is 1. The molecular formula is C33H35Cl2NO4SSi. The van der Waals surface area contributed by atoms with Crippen LogP contribution in [0.4, 0.5) is 5.69 Å². The maximum absolute atomic E-state index is 14.5. The van der Waals surface area contributed by atoms with Gasteiger partial charge >= 0.3 is 5.97 Å². The van der Waals surface area contributed by atoms with Crippen LogP contribution in [-0.2, 0) is 4.43 Å². The lowest BCUT2D eigenvalue weighted by molar-refractivity contribution is 0.0702. The Bertz CT molecular complexity index is 1570. The molecule has 1 unspecified atom stereocenters. The highest BCUT2D eigenvalue weighted by atomic mass is 35.5. The van der Waals surface area contributed by atoms with E-state index in [1.807, 2.05) is 67.6 Å². The van der Waals surface area contributed by atoms with Gasteiger partial charge in [-0.15, -0.1) is 11.3 Å². The zero-order chi connectivity index (χ0) is 30.8. The first kappa shape index (κ1) is 32.0. The summed E-state index contributed by atoms with van der Waals surface area (Å²) in [6, 6.07) is 25.1. The summed E-state index contributed by atoms with van der Waals surface area (Å²) in [4.78, 5) is 29.5. The predicted octanol–water partition coefficient (Wildman–Crippen LogP) is 10.2. The molecule has 0 saturated carbocycles. The number of carboxylic acids is 1. The van der Waals surface area contributed by atoms with Gasteiger partial charge in [0.15, 0.2) is 8.32 Å². The Morgan fingerprint density at radius 1 is 0.929 bits per heavy atom. The molecule has 0 saturated heterocycles. The summed E-state index contributed by atoms with van der Waals surface area (Å²) in [5.74, 6) is -1.56. The Hall–Kier alpha value is -2.94. The van der Waals surface area contributed by atoms with Crippen molar-refractivity contribution >= 4 is 60.4 Å². The first-order valence-corrected chi connectivity index (χ1v) is 18.1. The lowest BCUT2D eigenvalue weighted by Gasteiger charge is -2.43. The highest BCUT2D eigenvalue weighted by Crippen LogP contribution is 2.44. The topological polar surface area (TPSA) is 66.8 Å². The minimum absolute atomic E-state index is 0.0540. The summed E-state index contributed by atoms with van der Waals surface area (Å²) in [5.41, 5.74) is 2.26. The zero-order valence-corrected chi connectivity index (χ0v) is 27.8. The predicted molar refractivity (Wildman–Crippen MR) is 177 cm³/mol. The Morgan fingerprint density at radius 2 is 1.52 bits per heavy atom. The van der Waals surface area contributed by atoms with Gasteiger partial charge in [-0.3, -0.25) is 4.79 Å². The maximum Gasteiger partial charge on any atom is 0.348 e. The first-order valence-electron chi connectivity index (χ1n) is 13.6. The summed E-state index contributed by atoms with van der Waals surface area (Å²) in [6.45, 7) is 12.7. The minimum Gasteiger partial charge on any atom is -0.477 e. The fourth-order valence-electron chi connectivity index (χ4n) is 4.48. The molecule has 220 valence electrons. The van der Waals surface area contributed by atoms with Gasteiger partial charge < -0.3 is 14.4 Å². The molecule has 3 aromatic carbocycles. The van der Waals surface area contributed by atoms with Crippen LogP contribution in [0.3, 0.4) is 0 Å². The molecule has 0 radical (unpaired) electrons. The molecule has 1 amide bonds. The number of benzene rings is 3. The van der Waals surface area contributed by atoms with E-state index in [2.05, 4.69) is 33.9 Å². The molecule has 9 heteroatoms. The van der Waals surface area contributed by atoms with Gasteiger partial charge in [0.1, 0.15) is 4.88 Å². The first-order chi connectivity index (χ1) is 19.7. The molecule has 1 aromatic heterocycles. The summed E-state index contributed by atoms with van der Waals surface area (Å²) in [6.07, 6.45) is -0.552. The van der Waals surface area contributed by atoms with Crippen LogP contribution in [0.5, 0.6) is 0 Å². The van der Waals surface area contributed by atoms with Crippen molar-refractivity contribution in [2.24, 2.45) is 0 Å². The van der Waals surface area contributed by atoms with Gasteiger partial charge in [-0.2, -0.15) is 0 Å². The lowest BCUT2D eigenvalue weighted by atomic mass is 10.0. The summed E-state index contributed by atoms with van der Waals surface area (Å²) >= 11 is 13.9. The molecule has 5 nitrogen and oxygen atoms in total. The van der Waals surface area contributed by atoms with Crippen LogP contribution in [-0.4, -0.2) is 31.3 Å². The van der Waals surface area contributed by atoms with Crippen molar-refractivity contribution in [2.75, 3.05) is 4.90 Å². The van der Waals surface area contributed by atoms with E-state index in [0.29, 0.717) is 5.02 Å². The highest BCUT2D eigenvalue weighted by molar-refractivity contribution is 7.18. The number of carbonyl (C=O) groups is 2. The standard InChI is InChI=1S/C33H35Cl2NO4SSi/c1-21(29(23-15-11-8-12-16-23)40-42(5,6)33(2,3)4)36(31(37)25-18-17-24(34)19-26(25)35)27-20-28(41-30(27)32(38)39)22-13-9-7-10-14-22/h7-21,29H,1-6H3,(H,38,39)/t21?,29-/m0/s1. The third-order valence-electron chi connectivity index (χ3n) is 7.81. The molecular weight excluding hydrogens is 605 g/mol. The van der Waals surface area contributed by atoms with E-state index in [9.17, 15) is 14.7 Å². The number of hydrogen-bond donors (Lipinski definition) is 1. The smallest absolute Gasteiger partial charge is 0.348 e. The molecule has 1 N–H and O–H groups in total. The van der Waals surface area contributed by atoms with Crippen molar-refractivity contribution in [1.82, 2.24) is 0 Å². The monoisotopic (exact) mass is 639 g/mol. The number of nitrogens with zero attached hydrogens (tertiary/aromatic N) is 1. The number of carboxylic acid groups (broad SMARTS) is 1. The van der Waals surface area contributed by atoms with E-state index < -0.39 is 32.3 Å². The summed E-state index contributed by atoms with van der Waals surface area (Å²) in [5, 5.41) is 10.8. The molecule has 0 bridgehead atoms. The van der Waals surface area contributed by atoms with E-state index in [0.717, 1.165) is 27.3 Å². The van der Waals surface area contributed by atoms with Crippen molar-refractivity contribution in [1.29, 1.82) is 0 Å². The van der Waals surface area contributed by atoms with Gasteiger partial charge in [-0.05, 0) is 60.4 Å². The molecule has 42 heavy (non-hydrogen) atoms. The zero-order valence-electron chi connectivity index (χ0n) is 24.5. The molecule has 0 spiro atoms. The molecule has 4 aromatic rings. The quantitative estimate of drug-likeness (QED) is 0.185. The van der Waals surface area contributed by atoms with Crippen molar-refractivity contribution < 1.29 is 19.1 Å². The average Bonchev–Trinajstić information content (AvgIpc) is 3.37. The minimum atomic E-state index is -2.37. The second kappa shape index (κ2) is 12.7. The Balaban J connectivity index is 1.95. The van der Waals surface area contributed by atoms with Gasteiger partial charge in [-0.25, -0.2) is 4.79 Å². The van der Waals surface area contributed by atoms with Crippen LogP contribution in [0.1, 0.15) is 59.4 Å². The van der Waals surface area contributed by atoms with Crippen LogP contribution in [0.15, 0.2) is 84.9 Å². The van der Waals surface area contributed by atoms with E-state index in [1.54, 1.807) is 18.2 Å². The SMILES string of the molecule is CC([C@H](O[Si](C)(C)C(C)(C)C)c1ccccc1)N(C(=O)c1ccc(Cl)cc1Cl)c1cc(-c2ccccc2)sc1C(=O)O. The van der Waals surface area contributed by atoms with Crippen LogP contribution < -0.4 is 4.90 Å². The Labute approximate surface area is 262 Å². The lowest BCUT2D eigenvalue weighted by Crippen LogP contribution is -2.49. The maximum atomic E-state index is 14.5. The summed E-state index contributed by atoms with van der Waals surface area (Å²) < 4.78 is 7.03. The van der Waals surface area contributed by atoms with Gasteiger partial charge in [0, 0.05) is 9.90 Å². The average molecular weight is 641 g/mol. The third-order valence-corrected chi connectivity index (χ3v) is 14.0. The van der Waals surface area contributed by atoms with Crippen LogP contribution in [0.2, 0.25) is 28.2 Å². The number of anilines is 1. The number of halogens is 2. The Morgan fingerprint density at radius 3 is 2.07 bits per heavy atom. The summed E-state index contributed by atoms with van der Waals surface area (Å²) in [7, 11) is -2.37. The van der Waals surface area contributed by atoms with Crippen LogP contribution >= 0.6 is 34.5 Å². The number of aromatic carboxylic acids is 1. The molecule has 2 atom stereocenters. The van der Waals surface area contributed by atoms with E-state index in [-0.39, 0.29) is 26.2 Å². The van der Waals surface area contributed by atoms with Crippen LogP contribution in [0.25, 0.3) is 10.4 Å². The van der Waals surface area contributed by atoms with Gasteiger partial charge in [-0.1, -0.05) is 105 Å². The molecule has 1 heterocycles. The number of carbonyl (C=O) groups excluding carboxylic acids is 1. The second-order valence-electron chi connectivity index (χ2n) is 11.7. The largest absolute Gasteiger partial charge is 0.477 e. The number of thiophene rings is 1. The normalized spacial score (nSPS) is 13.4. The highest BCUT2D eigenvalue weighted by Gasteiger charge is 2.43.